The molecular weight excluding hydrogens is 400 g/mol. The molecule has 29 heavy (non-hydrogen) atoms. The Kier molecular flexibility index (Phi) is 10.3. The van der Waals surface area contributed by atoms with E-state index in [0.717, 1.165) is 17.1 Å². The fourth-order valence-electron chi connectivity index (χ4n) is 2.78. The second-order valence-electron chi connectivity index (χ2n) is 6.45. The van der Waals surface area contributed by atoms with Gasteiger partial charge in [-0.1, -0.05) is 6.92 Å². The maximum atomic E-state index is 12.2. The van der Waals surface area contributed by atoms with Gasteiger partial charge in [-0.3, -0.25) is 29.0 Å². The normalized spacial score (nSPS) is 19.3. The van der Waals surface area contributed by atoms with E-state index in [4.69, 9.17) is 14.2 Å². The smallest absolute Gasteiger partial charge is 0.253 e. The second kappa shape index (κ2) is 12.7. The predicted molar refractivity (Wildman–Crippen MR) is 106 cm³/mol. The maximum Gasteiger partial charge on any atom is 0.253 e. The number of hydrogen-bond donors (Lipinski definition) is 0. The van der Waals surface area contributed by atoms with Gasteiger partial charge in [0.05, 0.1) is 58.0 Å². The van der Waals surface area contributed by atoms with Crippen molar-refractivity contribution >= 4 is 35.4 Å². The van der Waals surface area contributed by atoms with Gasteiger partial charge < -0.3 is 14.2 Å². The molecule has 0 aromatic carbocycles. The summed E-state index contributed by atoms with van der Waals surface area (Å²) in [5.41, 5.74) is 0. The first kappa shape index (κ1) is 23.5. The molecule has 0 aliphatic carbocycles. The summed E-state index contributed by atoms with van der Waals surface area (Å²) < 4.78 is 16.1. The van der Waals surface area contributed by atoms with E-state index in [1.165, 1.54) is 17.1 Å². The fourth-order valence-corrected chi connectivity index (χ4v) is 3.83. The zero-order chi connectivity index (χ0) is 21.1. The van der Waals surface area contributed by atoms with E-state index in [0.29, 0.717) is 26.4 Å². The summed E-state index contributed by atoms with van der Waals surface area (Å²) in [7, 11) is 0. The van der Waals surface area contributed by atoms with Gasteiger partial charge in [0.1, 0.15) is 0 Å². The molecule has 2 heterocycles. The lowest BCUT2D eigenvalue weighted by atomic mass is 10.4. The van der Waals surface area contributed by atoms with E-state index in [-0.39, 0.29) is 61.6 Å². The van der Waals surface area contributed by atoms with Crippen molar-refractivity contribution in [3.05, 3.63) is 12.2 Å². The molecule has 0 aromatic rings. The Balaban J connectivity index is 1.42. The molecule has 0 aromatic heterocycles. The third-order valence-electron chi connectivity index (χ3n) is 4.29. The number of hydrogen-bond acceptors (Lipinski definition) is 8. The lowest BCUT2D eigenvalue weighted by molar-refractivity contribution is -0.140. The summed E-state index contributed by atoms with van der Waals surface area (Å²) in [5.74, 6) is -0.00718. The molecule has 162 valence electrons. The first-order chi connectivity index (χ1) is 14.0. The average molecular weight is 429 g/mol. The van der Waals surface area contributed by atoms with Crippen LogP contribution in [0.15, 0.2) is 12.2 Å². The van der Waals surface area contributed by atoms with E-state index in [1.807, 2.05) is 6.92 Å². The van der Waals surface area contributed by atoms with Crippen LogP contribution in [0.25, 0.3) is 0 Å². The van der Waals surface area contributed by atoms with E-state index >= 15 is 0 Å². The third kappa shape index (κ3) is 7.54. The number of thioether (sulfide) groups is 1. The van der Waals surface area contributed by atoms with Crippen LogP contribution in [0, 0.1) is 0 Å². The number of rotatable bonds is 15. The maximum absolute atomic E-state index is 12.2. The van der Waals surface area contributed by atoms with Crippen molar-refractivity contribution in [2.75, 3.05) is 58.5 Å². The Morgan fingerprint density at radius 1 is 0.862 bits per heavy atom. The van der Waals surface area contributed by atoms with Crippen molar-refractivity contribution in [3.63, 3.8) is 0 Å². The highest BCUT2D eigenvalue weighted by atomic mass is 32.2. The molecule has 2 aliphatic rings. The Morgan fingerprint density at radius 2 is 1.38 bits per heavy atom. The minimum atomic E-state index is -0.320. The van der Waals surface area contributed by atoms with E-state index < -0.39 is 0 Å². The van der Waals surface area contributed by atoms with Crippen molar-refractivity contribution in [1.82, 2.24) is 9.80 Å². The van der Waals surface area contributed by atoms with Crippen LogP contribution >= 0.6 is 11.8 Å². The van der Waals surface area contributed by atoms with Crippen LogP contribution in [-0.4, -0.2) is 97.2 Å². The van der Waals surface area contributed by atoms with Gasteiger partial charge in [-0.05, 0) is 12.2 Å². The molecule has 2 rings (SSSR count). The Morgan fingerprint density at radius 3 is 1.93 bits per heavy atom. The SMILES string of the molecule is CCCSC1CC(=O)N(CCOCCOCCOCCN2C(=O)C=CC2=O)C1=O. The molecule has 10 heteroatoms. The number of ether oxygens (including phenoxy) is 3. The standard InChI is InChI=1S/C19H28N2O7S/c1-2-13-29-15-14-18(24)21(19(15)25)6-8-27-10-12-28-11-9-26-7-5-20-16(22)3-4-17(20)23/h3-4,15H,2,5-14H2,1H3. The molecule has 2 aliphatic heterocycles. The van der Waals surface area contributed by atoms with Crippen molar-refractivity contribution in [1.29, 1.82) is 0 Å². The van der Waals surface area contributed by atoms with Gasteiger partial charge in [-0.25, -0.2) is 0 Å². The van der Waals surface area contributed by atoms with Gasteiger partial charge in [-0.2, -0.15) is 0 Å². The third-order valence-corrected chi connectivity index (χ3v) is 5.70. The number of likely N-dealkylation sites (tertiary alicyclic amines) is 1. The fraction of sp³-hybridized carbons (Fsp3) is 0.684. The summed E-state index contributed by atoms with van der Waals surface area (Å²) in [5, 5.41) is -0.247. The highest BCUT2D eigenvalue weighted by Gasteiger charge is 2.38. The molecule has 0 saturated carbocycles. The topological polar surface area (TPSA) is 102 Å². The number of amides is 4. The summed E-state index contributed by atoms with van der Waals surface area (Å²) in [6.07, 6.45) is 3.74. The highest BCUT2D eigenvalue weighted by Crippen LogP contribution is 2.25. The molecule has 0 spiro atoms. The minimum absolute atomic E-state index is 0.112. The lowest BCUT2D eigenvalue weighted by Crippen LogP contribution is -2.34. The summed E-state index contributed by atoms with van der Waals surface area (Å²) >= 11 is 1.54. The van der Waals surface area contributed by atoms with Crippen LogP contribution in [-0.2, 0) is 33.4 Å². The van der Waals surface area contributed by atoms with Crippen molar-refractivity contribution < 1.29 is 33.4 Å². The first-order valence-corrected chi connectivity index (χ1v) is 10.8. The van der Waals surface area contributed by atoms with Gasteiger partial charge >= 0.3 is 0 Å². The van der Waals surface area contributed by atoms with Crippen molar-refractivity contribution in [2.24, 2.45) is 0 Å². The monoisotopic (exact) mass is 428 g/mol. The van der Waals surface area contributed by atoms with Crippen LogP contribution in [0.5, 0.6) is 0 Å². The average Bonchev–Trinajstić information content (AvgIpc) is 3.16. The second-order valence-corrected chi connectivity index (χ2v) is 7.76. The molecule has 0 radical (unpaired) electrons. The van der Waals surface area contributed by atoms with Crippen LogP contribution < -0.4 is 0 Å². The molecule has 4 amide bonds. The van der Waals surface area contributed by atoms with Gasteiger partial charge in [0.15, 0.2) is 0 Å². The number of nitrogens with zero attached hydrogens (tertiary/aromatic N) is 2. The van der Waals surface area contributed by atoms with E-state index in [9.17, 15) is 19.2 Å². The first-order valence-electron chi connectivity index (χ1n) is 9.77. The van der Waals surface area contributed by atoms with Crippen LogP contribution in [0.1, 0.15) is 19.8 Å². The summed E-state index contributed by atoms with van der Waals surface area (Å²) in [6.45, 7) is 4.51. The zero-order valence-electron chi connectivity index (χ0n) is 16.7. The predicted octanol–water partition coefficient (Wildman–Crippen LogP) is 0.232. The molecule has 1 unspecified atom stereocenters. The van der Waals surface area contributed by atoms with Crippen molar-refractivity contribution in [3.8, 4) is 0 Å². The Hall–Kier alpha value is -1.75. The number of carbonyl (C=O) groups is 4. The van der Waals surface area contributed by atoms with Gasteiger partial charge in [0.25, 0.3) is 11.8 Å². The summed E-state index contributed by atoms with van der Waals surface area (Å²) in [6, 6.07) is 0. The van der Waals surface area contributed by atoms with E-state index in [2.05, 4.69) is 0 Å². The molecule has 1 atom stereocenters. The molecular formula is C19H28N2O7S. The molecule has 0 bridgehead atoms. The largest absolute Gasteiger partial charge is 0.377 e. The molecule has 1 fully saturated rings. The minimum Gasteiger partial charge on any atom is -0.377 e. The van der Waals surface area contributed by atoms with Crippen LogP contribution in [0.2, 0.25) is 0 Å². The zero-order valence-corrected chi connectivity index (χ0v) is 17.5. The van der Waals surface area contributed by atoms with E-state index in [1.54, 1.807) is 11.8 Å². The molecule has 9 nitrogen and oxygen atoms in total. The number of imide groups is 2. The van der Waals surface area contributed by atoms with Crippen LogP contribution in [0.3, 0.4) is 0 Å². The Labute approximate surface area is 174 Å². The highest BCUT2D eigenvalue weighted by molar-refractivity contribution is 8.00. The van der Waals surface area contributed by atoms with Gasteiger partial charge in [0, 0.05) is 18.6 Å². The van der Waals surface area contributed by atoms with Crippen LogP contribution in [0.4, 0.5) is 0 Å². The van der Waals surface area contributed by atoms with Crippen molar-refractivity contribution in [2.45, 2.75) is 25.0 Å². The number of carbonyl (C=O) groups excluding carboxylic acids is 4. The Bertz CT molecular complexity index is 608. The quantitative estimate of drug-likeness (QED) is 0.270. The lowest BCUT2D eigenvalue weighted by Gasteiger charge is -2.15. The molecule has 1 saturated heterocycles. The van der Waals surface area contributed by atoms with Gasteiger partial charge in [-0.15, -0.1) is 11.8 Å². The molecule has 0 N–H and O–H groups in total. The summed E-state index contributed by atoms with van der Waals surface area (Å²) in [4.78, 5) is 49.2. The van der Waals surface area contributed by atoms with Gasteiger partial charge in [0.2, 0.25) is 11.8 Å².